The maximum absolute atomic E-state index is 5.69. The monoisotopic (exact) mass is 512 g/mol. The van der Waals surface area contributed by atoms with Crippen molar-refractivity contribution in [1.82, 2.24) is 15.5 Å². The molecule has 0 saturated carbocycles. The van der Waals surface area contributed by atoms with Crippen LogP contribution in [0.2, 0.25) is 0 Å². The fourth-order valence-electron chi connectivity index (χ4n) is 3.50. The van der Waals surface area contributed by atoms with Crippen LogP contribution in [0.3, 0.4) is 0 Å². The maximum atomic E-state index is 5.69. The molecule has 1 aromatic heterocycles. The molecule has 2 heterocycles. The Bertz CT molecular complexity index is 726. The van der Waals surface area contributed by atoms with E-state index < -0.39 is 0 Å². The fourth-order valence-corrected chi connectivity index (χ4v) is 3.50. The molecule has 160 valence electrons. The Balaban J connectivity index is 0.00000300. The minimum atomic E-state index is 0. The van der Waals surface area contributed by atoms with Gasteiger partial charge < -0.3 is 19.8 Å². The molecule has 1 saturated heterocycles. The first-order valence-corrected chi connectivity index (χ1v) is 10.1. The highest BCUT2D eigenvalue weighted by Crippen LogP contribution is 2.24. The minimum Gasteiger partial charge on any atom is -0.491 e. The van der Waals surface area contributed by atoms with Gasteiger partial charge in [-0.2, -0.15) is 0 Å². The Morgan fingerprint density at radius 1 is 1.14 bits per heavy atom. The molecule has 29 heavy (non-hydrogen) atoms. The van der Waals surface area contributed by atoms with E-state index in [-0.39, 0.29) is 36.1 Å². The lowest BCUT2D eigenvalue weighted by atomic mass is 10.2. The Morgan fingerprint density at radius 2 is 1.86 bits per heavy atom. The van der Waals surface area contributed by atoms with Crippen LogP contribution in [0, 0.1) is 0 Å². The van der Waals surface area contributed by atoms with E-state index >= 15 is 0 Å². The SMILES string of the molecule is CN=C(NCc1ccc(OC(C)C)cc1)NCC(c1ccco1)N1CCCC1.I. The van der Waals surface area contributed by atoms with E-state index in [0.717, 1.165) is 37.1 Å². The van der Waals surface area contributed by atoms with Gasteiger partial charge in [0.1, 0.15) is 11.5 Å². The van der Waals surface area contributed by atoms with Gasteiger partial charge in [0.15, 0.2) is 5.96 Å². The number of hydrogen-bond acceptors (Lipinski definition) is 4. The van der Waals surface area contributed by atoms with E-state index in [0.29, 0.717) is 6.54 Å². The zero-order valence-corrected chi connectivity index (χ0v) is 19.9. The standard InChI is InChI=1S/C22H32N4O2.HI/c1-17(2)28-19-10-8-18(9-11-19)15-24-22(23-3)25-16-20(21-7-6-14-27-21)26-12-4-5-13-26;/h6-11,14,17,20H,4-5,12-13,15-16H2,1-3H3,(H2,23,24,25);1H. The van der Waals surface area contributed by atoms with Crippen LogP contribution in [0.15, 0.2) is 52.1 Å². The third-order valence-corrected chi connectivity index (χ3v) is 4.89. The number of halogens is 1. The molecule has 0 bridgehead atoms. The van der Waals surface area contributed by atoms with E-state index in [1.165, 1.54) is 18.4 Å². The molecule has 2 N–H and O–H groups in total. The Hall–Kier alpha value is -1.74. The fraction of sp³-hybridized carbons (Fsp3) is 0.500. The molecule has 1 unspecified atom stereocenters. The lowest BCUT2D eigenvalue weighted by molar-refractivity contribution is 0.215. The first kappa shape index (κ1) is 23.5. The molecule has 7 heteroatoms. The van der Waals surface area contributed by atoms with Gasteiger partial charge in [-0.3, -0.25) is 9.89 Å². The number of nitrogens with zero attached hydrogens (tertiary/aromatic N) is 2. The predicted molar refractivity (Wildman–Crippen MR) is 128 cm³/mol. The number of furan rings is 1. The van der Waals surface area contributed by atoms with Crippen molar-refractivity contribution in [3.8, 4) is 5.75 Å². The molecule has 2 aromatic rings. The van der Waals surface area contributed by atoms with E-state index in [1.54, 1.807) is 13.3 Å². The summed E-state index contributed by atoms with van der Waals surface area (Å²) in [6, 6.07) is 12.4. The van der Waals surface area contributed by atoms with Gasteiger partial charge in [0.25, 0.3) is 0 Å². The summed E-state index contributed by atoms with van der Waals surface area (Å²) in [6.07, 6.45) is 4.43. The van der Waals surface area contributed by atoms with Crippen molar-refractivity contribution in [1.29, 1.82) is 0 Å². The third-order valence-electron chi connectivity index (χ3n) is 4.89. The third kappa shape index (κ3) is 7.22. The second-order valence-electron chi connectivity index (χ2n) is 7.39. The normalized spacial score (nSPS) is 15.8. The summed E-state index contributed by atoms with van der Waals surface area (Å²) >= 11 is 0. The Morgan fingerprint density at radius 3 is 2.45 bits per heavy atom. The molecule has 0 amide bonds. The average Bonchev–Trinajstić information content (AvgIpc) is 3.40. The molecule has 0 spiro atoms. The maximum Gasteiger partial charge on any atom is 0.191 e. The zero-order chi connectivity index (χ0) is 19.8. The summed E-state index contributed by atoms with van der Waals surface area (Å²) in [6.45, 7) is 7.76. The van der Waals surface area contributed by atoms with Gasteiger partial charge in [-0.05, 0) is 69.6 Å². The quantitative estimate of drug-likeness (QED) is 0.316. The van der Waals surface area contributed by atoms with Crippen LogP contribution in [0.25, 0.3) is 0 Å². The van der Waals surface area contributed by atoms with Crippen LogP contribution in [0.5, 0.6) is 5.75 Å². The molecule has 1 fully saturated rings. The molecule has 6 nitrogen and oxygen atoms in total. The van der Waals surface area contributed by atoms with E-state index in [9.17, 15) is 0 Å². The lowest BCUT2D eigenvalue weighted by Crippen LogP contribution is -2.42. The highest BCUT2D eigenvalue weighted by atomic mass is 127. The number of hydrogen-bond donors (Lipinski definition) is 2. The number of nitrogens with one attached hydrogen (secondary N) is 2. The molecule has 1 aromatic carbocycles. The average molecular weight is 512 g/mol. The molecule has 1 aliphatic rings. The van der Waals surface area contributed by atoms with Gasteiger partial charge in [0.2, 0.25) is 0 Å². The van der Waals surface area contributed by atoms with Crippen molar-refractivity contribution in [2.75, 3.05) is 26.7 Å². The Labute approximate surface area is 191 Å². The van der Waals surface area contributed by atoms with E-state index in [2.05, 4.69) is 38.7 Å². The molecular formula is C22H33IN4O2. The van der Waals surface area contributed by atoms with Gasteiger partial charge in [-0.1, -0.05) is 12.1 Å². The van der Waals surface area contributed by atoms with Crippen LogP contribution in [-0.4, -0.2) is 43.6 Å². The summed E-state index contributed by atoms with van der Waals surface area (Å²) in [5.74, 6) is 2.69. The summed E-state index contributed by atoms with van der Waals surface area (Å²) in [5.41, 5.74) is 1.18. The number of likely N-dealkylation sites (tertiary alicyclic amines) is 1. The highest BCUT2D eigenvalue weighted by Gasteiger charge is 2.25. The first-order valence-electron chi connectivity index (χ1n) is 10.1. The summed E-state index contributed by atoms with van der Waals surface area (Å²) in [5, 5.41) is 6.84. The number of ether oxygens (including phenoxy) is 1. The second-order valence-corrected chi connectivity index (χ2v) is 7.39. The summed E-state index contributed by atoms with van der Waals surface area (Å²) < 4.78 is 11.4. The summed E-state index contributed by atoms with van der Waals surface area (Å²) in [7, 11) is 1.80. The van der Waals surface area contributed by atoms with Crippen LogP contribution >= 0.6 is 24.0 Å². The van der Waals surface area contributed by atoms with Crippen LogP contribution in [-0.2, 0) is 6.54 Å². The molecule has 0 radical (unpaired) electrons. The van der Waals surface area contributed by atoms with Crippen molar-refractivity contribution in [2.45, 2.75) is 45.4 Å². The predicted octanol–water partition coefficient (Wildman–Crippen LogP) is 4.19. The highest BCUT2D eigenvalue weighted by molar-refractivity contribution is 14.0. The topological polar surface area (TPSA) is 62.0 Å². The molecule has 1 atom stereocenters. The van der Waals surface area contributed by atoms with Crippen LogP contribution in [0.4, 0.5) is 0 Å². The second kappa shape index (κ2) is 12.1. The van der Waals surface area contributed by atoms with E-state index in [1.807, 2.05) is 32.0 Å². The van der Waals surface area contributed by atoms with Gasteiger partial charge in [0, 0.05) is 20.1 Å². The van der Waals surface area contributed by atoms with Gasteiger partial charge in [0.05, 0.1) is 18.4 Å². The van der Waals surface area contributed by atoms with Crippen molar-refractivity contribution in [2.24, 2.45) is 4.99 Å². The first-order chi connectivity index (χ1) is 13.7. The minimum absolute atomic E-state index is 0. The zero-order valence-electron chi connectivity index (χ0n) is 17.6. The van der Waals surface area contributed by atoms with Gasteiger partial charge >= 0.3 is 0 Å². The number of rotatable bonds is 8. The van der Waals surface area contributed by atoms with Crippen LogP contribution in [0.1, 0.15) is 44.1 Å². The summed E-state index contributed by atoms with van der Waals surface area (Å²) in [4.78, 5) is 6.84. The Kier molecular flexibility index (Phi) is 9.80. The molecule has 0 aliphatic carbocycles. The lowest BCUT2D eigenvalue weighted by Gasteiger charge is -2.26. The molecule has 1 aliphatic heterocycles. The largest absolute Gasteiger partial charge is 0.491 e. The van der Waals surface area contributed by atoms with Gasteiger partial charge in [-0.15, -0.1) is 24.0 Å². The number of guanidine groups is 1. The number of benzene rings is 1. The van der Waals surface area contributed by atoms with Crippen molar-refractivity contribution in [3.63, 3.8) is 0 Å². The van der Waals surface area contributed by atoms with E-state index in [4.69, 9.17) is 9.15 Å². The number of aliphatic imine (C=N–C) groups is 1. The van der Waals surface area contributed by atoms with Crippen molar-refractivity contribution < 1.29 is 9.15 Å². The molecular weight excluding hydrogens is 479 g/mol. The smallest absolute Gasteiger partial charge is 0.191 e. The van der Waals surface area contributed by atoms with Crippen molar-refractivity contribution in [3.05, 3.63) is 54.0 Å². The molecule has 3 rings (SSSR count). The van der Waals surface area contributed by atoms with Crippen molar-refractivity contribution >= 4 is 29.9 Å². The van der Waals surface area contributed by atoms with Gasteiger partial charge in [-0.25, -0.2) is 0 Å². The van der Waals surface area contributed by atoms with Crippen LogP contribution < -0.4 is 15.4 Å².